The van der Waals surface area contributed by atoms with Crippen LogP contribution >= 0.6 is 0 Å². The van der Waals surface area contributed by atoms with Crippen molar-refractivity contribution in [2.75, 3.05) is 5.43 Å². The summed E-state index contributed by atoms with van der Waals surface area (Å²) >= 11 is 0. The van der Waals surface area contributed by atoms with Gasteiger partial charge >= 0.3 is 0 Å². The van der Waals surface area contributed by atoms with Crippen LogP contribution < -0.4 is 5.43 Å². The lowest BCUT2D eigenvalue weighted by molar-refractivity contribution is 0.101. The summed E-state index contributed by atoms with van der Waals surface area (Å²) in [5.41, 5.74) is 7.24. The number of amides is 1. The van der Waals surface area contributed by atoms with Crippen molar-refractivity contribution in [1.29, 1.82) is 0 Å². The van der Waals surface area contributed by atoms with E-state index in [9.17, 15) is 4.79 Å². The number of carbonyl (C=O) groups excluding carboxylic acids is 1. The van der Waals surface area contributed by atoms with E-state index in [1.54, 1.807) is 17.2 Å². The van der Waals surface area contributed by atoms with Crippen molar-refractivity contribution in [2.45, 2.75) is 19.9 Å². The van der Waals surface area contributed by atoms with Gasteiger partial charge in [0.15, 0.2) is 0 Å². The molecule has 0 bridgehead atoms. The molecule has 0 unspecified atom stereocenters. The standard InChI is InChI=1S/C20H19N5O/c1-2-18-16(12-22-24(18)13-15-8-4-3-5-9-15)20(26)23-25-14-21-17-10-6-7-11-19(17)25/h3-12,14H,2,13H2,1H3,(H,23,26). The van der Waals surface area contributed by atoms with Crippen LogP contribution in [0.25, 0.3) is 11.0 Å². The molecular formula is C20H19N5O. The summed E-state index contributed by atoms with van der Waals surface area (Å²) in [7, 11) is 0. The Hall–Kier alpha value is -3.41. The molecule has 4 aromatic rings. The first-order valence-electron chi connectivity index (χ1n) is 8.58. The van der Waals surface area contributed by atoms with Crippen molar-refractivity contribution in [3.05, 3.63) is 83.9 Å². The Morgan fingerprint density at radius 1 is 1.08 bits per heavy atom. The predicted molar refractivity (Wildman–Crippen MR) is 101 cm³/mol. The van der Waals surface area contributed by atoms with Crippen LogP contribution in [-0.4, -0.2) is 25.3 Å². The zero-order chi connectivity index (χ0) is 17.9. The molecule has 0 radical (unpaired) electrons. The Balaban J connectivity index is 1.60. The van der Waals surface area contributed by atoms with Gasteiger partial charge in [0.25, 0.3) is 5.91 Å². The first kappa shape index (κ1) is 16.1. The molecule has 1 N–H and O–H groups in total. The fourth-order valence-electron chi connectivity index (χ4n) is 3.08. The van der Waals surface area contributed by atoms with Gasteiger partial charge in [-0.05, 0) is 24.1 Å². The van der Waals surface area contributed by atoms with Crippen LogP contribution in [0, 0.1) is 0 Å². The topological polar surface area (TPSA) is 64.7 Å². The zero-order valence-electron chi connectivity index (χ0n) is 14.5. The van der Waals surface area contributed by atoms with Gasteiger partial charge < -0.3 is 0 Å². The van der Waals surface area contributed by atoms with Crippen LogP contribution in [0.3, 0.4) is 0 Å². The molecule has 2 aromatic carbocycles. The second-order valence-corrected chi connectivity index (χ2v) is 6.05. The van der Waals surface area contributed by atoms with E-state index in [-0.39, 0.29) is 5.91 Å². The van der Waals surface area contributed by atoms with E-state index < -0.39 is 0 Å². The maximum atomic E-state index is 12.8. The monoisotopic (exact) mass is 345 g/mol. The minimum absolute atomic E-state index is 0.190. The molecule has 0 fully saturated rings. The van der Waals surface area contributed by atoms with Crippen LogP contribution in [0.1, 0.15) is 28.5 Å². The summed E-state index contributed by atoms with van der Waals surface area (Å²) < 4.78 is 3.53. The number of hydrogen-bond donors (Lipinski definition) is 1. The average Bonchev–Trinajstić information content (AvgIpc) is 3.27. The summed E-state index contributed by atoms with van der Waals surface area (Å²) in [6, 6.07) is 17.8. The number of nitrogens with one attached hydrogen (secondary N) is 1. The minimum atomic E-state index is -0.190. The molecule has 0 aliphatic carbocycles. The minimum Gasteiger partial charge on any atom is -0.267 e. The summed E-state index contributed by atoms with van der Waals surface area (Å²) in [5, 5.41) is 4.43. The molecule has 0 atom stereocenters. The number of nitrogens with zero attached hydrogens (tertiary/aromatic N) is 4. The van der Waals surface area contributed by atoms with Crippen molar-refractivity contribution in [3.8, 4) is 0 Å². The van der Waals surface area contributed by atoms with E-state index in [1.165, 1.54) is 0 Å². The van der Waals surface area contributed by atoms with E-state index in [2.05, 4.69) is 27.6 Å². The molecule has 0 aliphatic rings. The van der Waals surface area contributed by atoms with E-state index in [1.807, 2.05) is 54.1 Å². The Morgan fingerprint density at radius 2 is 1.85 bits per heavy atom. The quantitative estimate of drug-likeness (QED) is 0.604. The van der Waals surface area contributed by atoms with Gasteiger partial charge in [0.05, 0.1) is 35.0 Å². The molecular weight excluding hydrogens is 326 g/mol. The number of hydrogen-bond acceptors (Lipinski definition) is 3. The molecule has 1 amide bonds. The van der Waals surface area contributed by atoms with Gasteiger partial charge in [-0.15, -0.1) is 0 Å². The molecule has 0 spiro atoms. The number of imidazole rings is 1. The summed E-state index contributed by atoms with van der Waals surface area (Å²) in [4.78, 5) is 17.1. The highest BCUT2D eigenvalue weighted by Crippen LogP contribution is 2.14. The first-order valence-corrected chi connectivity index (χ1v) is 8.58. The molecule has 0 saturated carbocycles. The van der Waals surface area contributed by atoms with Crippen molar-refractivity contribution >= 4 is 16.9 Å². The van der Waals surface area contributed by atoms with Crippen molar-refractivity contribution < 1.29 is 4.79 Å². The van der Waals surface area contributed by atoms with Crippen LogP contribution in [-0.2, 0) is 13.0 Å². The Morgan fingerprint density at radius 3 is 2.65 bits per heavy atom. The van der Waals surface area contributed by atoms with E-state index in [0.717, 1.165) is 28.7 Å². The van der Waals surface area contributed by atoms with Crippen molar-refractivity contribution in [3.63, 3.8) is 0 Å². The number of benzene rings is 2. The molecule has 6 nitrogen and oxygen atoms in total. The molecule has 2 heterocycles. The van der Waals surface area contributed by atoms with E-state index in [4.69, 9.17) is 0 Å². The maximum Gasteiger partial charge on any atom is 0.273 e. The van der Waals surface area contributed by atoms with E-state index >= 15 is 0 Å². The normalized spacial score (nSPS) is 11.0. The Bertz CT molecular complexity index is 1050. The molecule has 0 saturated heterocycles. The lowest BCUT2D eigenvalue weighted by atomic mass is 10.2. The van der Waals surface area contributed by atoms with Crippen molar-refractivity contribution in [1.82, 2.24) is 19.4 Å². The summed E-state index contributed by atoms with van der Waals surface area (Å²) in [6.07, 6.45) is 3.97. The third-order valence-corrected chi connectivity index (χ3v) is 4.38. The van der Waals surface area contributed by atoms with Crippen LogP contribution in [0.5, 0.6) is 0 Å². The molecule has 2 aromatic heterocycles. The summed E-state index contributed by atoms with van der Waals surface area (Å²) in [6.45, 7) is 2.67. The number of aromatic nitrogens is 4. The fourth-order valence-corrected chi connectivity index (χ4v) is 3.08. The molecule has 4 rings (SSSR count). The number of fused-ring (bicyclic) bond motifs is 1. The van der Waals surface area contributed by atoms with Gasteiger partial charge in [-0.1, -0.05) is 49.4 Å². The van der Waals surface area contributed by atoms with Gasteiger partial charge in [-0.2, -0.15) is 5.10 Å². The molecule has 130 valence electrons. The lowest BCUT2D eigenvalue weighted by Gasteiger charge is -2.09. The number of para-hydroxylation sites is 2. The maximum absolute atomic E-state index is 12.8. The highest BCUT2D eigenvalue weighted by Gasteiger charge is 2.17. The Kier molecular flexibility index (Phi) is 4.23. The smallest absolute Gasteiger partial charge is 0.267 e. The van der Waals surface area contributed by atoms with Gasteiger partial charge in [0, 0.05) is 0 Å². The van der Waals surface area contributed by atoms with Crippen LogP contribution in [0.2, 0.25) is 0 Å². The predicted octanol–water partition coefficient (Wildman–Crippen LogP) is 3.23. The van der Waals surface area contributed by atoms with Gasteiger partial charge in [-0.25, -0.2) is 9.66 Å². The van der Waals surface area contributed by atoms with E-state index in [0.29, 0.717) is 12.1 Å². The van der Waals surface area contributed by atoms with Gasteiger partial charge in [0.1, 0.15) is 6.33 Å². The zero-order valence-corrected chi connectivity index (χ0v) is 14.5. The highest BCUT2D eigenvalue weighted by atomic mass is 16.2. The molecule has 26 heavy (non-hydrogen) atoms. The summed E-state index contributed by atoms with van der Waals surface area (Å²) in [5.74, 6) is -0.190. The Labute approximate surface area is 151 Å². The highest BCUT2D eigenvalue weighted by molar-refractivity contribution is 6.01. The third kappa shape index (κ3) is 2.97. The first-order chi connectivity index (χ1) is 12.8. The lowest BCUT2D eigenvalue weighted by Crippen LogP contribution is -2.23. The third-order valence-electron chi connectivity index (χ3n) is 4.38. The molecule has 6 heteroatoms. The largest absolute Gasteiger partial charge is 0.273 e. The number of rotatable bonds is 5. The van der Waals surface area contributed by atoms with Crippen LogP contribution in [0.4, 0.5) is 0 Å². The average molecular weight is 345 g/mol. The van der Waals surface area contributed by atoms with Gasteiger partial charge in [-0.3, -0.25) is 14.9 Å². The second kappa shape index (κ2) is 6.84. The molecule has 0 aliphatic heterocycles. The number of carbonyl (C=O) groups is 1. The SMILES string of the molecule is CCc1c(C(=O)Nn2cnc3ccccc32)cnn1Cc1ccccc1. The van der Waals surface area contributed by atoms with Crippen molar-refractivity contribution in [2.24, 2.45) is 0 Å². The van der Waals surface area contributed by atoms with Crippen LogP contribution in [0.15, 0.2) is 67.1 Å². The van der Waals surface area contributed by atoms with Gasteiger partial charge in [0.2, 0.25) is 0 Å². The fraction of sp³-hybridized carbons (Fsp3) is 0.150. The second-order valence-electron chi connectivity index (χ2n) is 6.05.